The third-order valence-electron chi connectivity index (χ3n) is 5.33. The fourth-order valence-corrected chi connectivity index (χ4v) is 3.69. The summed E-state index contributed by atoms with van der Waals surface area (Å²) in [5.74, 6) is -1.04. The first kappa shape index (κ1) is 17.5. The molecular weight excluding hydrogens is 377 g/mol. The maximum Gasteiger partial charge on any atom is 0.330 e. The highest BCUT2D eigenvalue weighted by Gasteiger charge is 2.41. The number of H-pyrrole nitrogens is 1. The van der Waals surface area contributed by atoms with Crippen molar-refractivity contribution in [2.24, 2.45) is 0 Å². The minimum Gasteiger partial charge on any atom is -0.362 e. The quantitative estimate of drug-likeness (QED) is 0.697. The Morgan fingerprint density at radius 3 is 2.79 bits per heavy atom. The number of aromatic amines is 1. The molecule has 3 aliphatic rings. The van der Waals surface area contributed by atoms with Crippen molar-refractivity contribution in [1.29, 1.82) is 0 Å². The summed E-state index contributed by atoms with van der Waals surface area (Å²) in [4.78, 5) is 42.9. The fourth-order valence-electron chi connectivity index (χ4n) is 3.69. The first-order valence-electron chi connectivity index (χ1n) is 9.41. The summed E-state index contributed by atoms with van der Waals surface area (Å²) in [6, 6.07) is 5.36. The molecule has 1 saturated heterocycles. The number of nitrogens with one attached hydrogen (secondary N) is 3. The molecule has 8 nitrogen and oxygen atoms in total. The summed E-state index contributed by atoms with van der Waals surface area (Å²) in [5, 5.41) is 5.14. The molecule has 1 saturated carbocycles. The molecule has 148 valence electrons. The lowest BCUT2D eigenvalue weighted by atomic mass is 10.1. The fraction of sp³-hybridized carbons (Fsp3) is 0.250. The Kier molecular flexibility index (Phi) is 3.90. The number of imide groups is 1. The van der Waals surface area contributed by atoms with Crippen LogP contribution >= 0.6 is 0 Å². The van der Waals surface area contributed by atoms with E-state index < -0.39 is 11.8 Å². The summed E-state index contributed by atoms with van der Waals surface area (Å²) in [6.45, 7) is 0.764. The number of halogens is 1. The number of nitrogens with zero attached hydrogens (tertiary/aromatic N) is 2. The second-order valence-electron chi connectivity index (χ2n) is 7.30. The van der Waals surface area contributed by atoms with Gasteiger partial charge in [0.2, 0.25) is 0 Å². The summed E-state index contributed by atoms with van der Waals surface area (Å²) in [6.07, 6.45) is 5.27. The Labute approximate surface area is 165 Å². The van der Waals surface area contributed by atoms with Gasteiger partial charge in [-0.2, -0.15) is 0 Å². The minimum absolute atomic E-state index is 0.0900. The van der Waals surface area contributed by atoms with Gasteiger partial charge in [-0.1, -0.05) is 0 Å². The van der Waals surface area contributed by atoms with E-state index in [-0.39, 0.29) is 30.2 Å². The van der Waals surface area contributed by atoms with E-state index >= 15 is 0 Å². The average molecular weight is 395 g/mol. The van der Waals surface area contributed by atoms with E-state index in [4.69, 9.17) is 0 Å². The first-order chi connectivity index (χ1) is 14.0. The summed E-state index contributed by atoms with van der Waals surface area (Å²) < 4.78 is 14.7. The van der Waals surface area contributed by atoms with Crippen LogP contribution in [0.5, 0.6) is 0 Å². The molecule has 3 N–H and O–H groups in total. The van der Waals surface area contributed by atoms with Crippen LogP contribution in [0.1, 0.15) is 24.1 Å². The SMILES string of the molecule is O=C1Nc2cc(NC(=O)N3CCN(C4CC4)C3=O)c(F)cc2/C1=C/c1ccc[nH]1. The van der Waals surface area contributed by atoms with Gasteiger partial charge in [0.15, 0.2) is 0 Å². The van der Waals surface area contributed by atoms with Crippen LogP contribution in [0.4, 0.5) is 25.4 Å². The van der Waals surface area contributed by atoms with Crippen molar-refractivity contribution in [2.45, 2.75) is 18.9 Å². The molecule has 29 heavy (non-hydrogen) atoms. The average Bonchev–Trinajstić information content (AvgIpc) is 3.12. The van der Waals surface area contributed by atoms with Crippen LogP contribution in [0, 0.1) is 5.82 Å². The number of rotatable bonds is 3. The topological polar surface area (TPSA) is 97.5 Å². The van der Waals surface area contributed by atoms with Crippen molar-refractivity contribution in [2.75, 3.05) is 23.7 Å². The van der Waals surface area contributed by atoms with Crippen LogP contribution in [0.3, 0.4) is 0 Å². The zero-order valence-corrected chi connectivity index (χ0v) is 15.4. The normalized spacial score (nSPS) is 19.7. The number of hydrogen-bond acceptors (Lipinski definition) is 3. The molecule has 0 unspecified atom stereocenters. The van der Waals surface area contributed by atoms with Gasteiger partial charge in [0.25, 0.3) is 5.91 Å². The maximum absolute atomic E-state index is 14.7. The second-order valence-corrected chi connectivity index (χ2v) is 7.30. The number of urea groups is 2. The van der Waals surface area contributed by atoms with Gasteiger partial charge < -0.3 is 20.5 Å². The van der Waals surface area contributed by atoms with Crippen LogP contribution in [0.2, 0.25) is 0 Å². The molecule has 1 aliphatic carbocycles. The van der Waals surface area contributed by atoms with Gasteiger partial charge >= 0.3 is 12.1 Å². The van der Waals surface area contributed by atoms with Crippen LogP contribution in [-0.4, -0.2) is 51.9 Å². The lowest BCUT2D eigenvalue weighted by Gasteiger charge is -2.18. The van der Waals surface area contributed by atoms with E-state index in [0.717, 1.165) is 17.7 Å². The lowest BCUT2D eigenvalue weighted by Crippen LogP contribution is -2.39. The van der Waals surface area contributed by atoms with Gasteiger partial charge in [0.05, 0.1) is 16.9 Å². The van der Waals surface area contributed by atoms with Crippen molar-refractivity contribution in [3.63, 3.8) is 0 Å². The molecule has 0 radical (unpaired) electrons. The van der Waals surface area contributed by atoms with Gasteiger partial charge in [-0.15, -0.1) is 0 Å². The monoisotopic (exact) mass is 395 g/mol. The Balaban J connectivity index is 1.38. The zero-order chi connectivity index (χ0) is 20.1. The van der Waals surface area contributed by atoms with Crippen LogP contribution in [0.25, 0.3) is 11.6 Å². The molecule has 5 rings (SSSR count). The predicted molar refractivity (Wildman–Crippen MR) is 105 cm³/mol. The van der Waals surface area contributed by atoms with Crippen molar-refractivity contribution >= 4 is 41.0 Å². The van der Waals surface area contributed by atoms with E-state index in [2.05, 4.69) is 15.6 Å². The van der Waals surface area contributed by atoms with Gasteiger partial charge in [-0.05, 0) is 43.2 Å². The Hall–Kier alpha value is -3.62. The van der Waals surface area contributed by atoms with E-state index in [0.29, 0.717) is 29.1 Å². The molecule has 9 heteroatoms. The standard InChI is InChI=1S/C20H18FN5O3/c21-15-9-13-14(8-11-2-1-5-22-11)18(27)23-16(13)10-17(15)24-19(28)26-7-6-25(20(26)29)12-3-4-12/h1-2,5,8-10,12,22H,3-4,6-7H2,(H,23,27)(H,24,28)/b14-8-. The third kappa shape index (κ3) is 3.04. The van der Waals surface area contributed by atoms with Gasteiger partial charge in [-0.25, -0.2) is 18.9 Å². The highest BCUT2D eigenvalue weighted by Crippen LogP contribution is 2.37. The van der Waals surface area contributed by atoms with E-state index in [1.54, 1.807) is 29.3 Å². The zero-order valence-electron chi connectivity index (χ0n) is 15.4. The molecule has 0 bridgehead atoms. The van der Waals surface area contributed by atoms with Gasteiger partial charge in [0.1, 0.15) is 5.82 Å². The third-order valence-corrected chi connectivity index (χ3v) is 5.33. The molecular formula is C20H18FN5O3. The summed E-state index contributed by atoms with van der Waals surface area (Å²) >= 11 is 0. The molecule has 1 aromatic heterocycles. The molecule has 2 fully saturated rings. The molecule has 2 aromatic rings. The smallest absolute Gasteiger partial charge is 0.330 e. The molecule has 0 atom stereocenters. The Morgan fingerprint density at radius 2 is 2.07 bits per heavy atom. The van der Waals surface area contributed by atoms with E-state index in [1.807, 2.05) is 0 Å². The number of aromatic nitrogens is 1. The number of benzene rings is 1. The van der Waals surface area contributed by atoms with E-state index in [9.17, 15) is 18.8 Å². The first-order valence-corrected chi connectivity index (χ1v) is 9.41. The number of hydrogen-bond donors (Lipinski definition) is 3. The van der Waals surface area contributed by atoms with E-state index in [1.165, 1.54) is 12.1 Å². The number of carbonyl (C=O) groups excluding carboxylic acids is 3. The largest absolute Gasteiger partial charge is 0.362 e. The van der Waals surface area contributed by atoms with Crippen molar-refractivity contribution < 1.29 is 18.8 Å². The van der Waals surface area contributed by atoms with Gasteiger partial charge in [0, 0.05) is 36.6 Å². The minimum atomic E-state index is -0.684. The van der Waals surface area contributed by atoms with Crippen molar-refractivity contribution in [3.8, 4) is 0 Å². The number of carbonyl (C=O) groups is 3. The number of anilines is 2. The summed E-state index contributed by atoms with van der Waals surface area (Å²) in [5.41, 5.74) is 1.77. The Morgan fingerprint density at radius 1 is 1.24 bits per heavy atom. The summed E-state index contributed by atoms with van der Waals surface area (Å²) in [7, 11) is 0. The molecule has 5 amide bonds. The van der Waals surface area contributed by atoms with Crippen LogP contribution < -0.4 is 10.6 Å². The Bertz CT molecular complexity index is 1060. The number of fused-ring (bicyclic) bond motifs is 1. The second kappa shape index (κ2) is 6.47. The molecule has 3 heterocycles. The highest BCUT2D eigenvalue weighted by atomic mass is 19.1. The highest BCUT2D eigenvalue weighted by molar-refractivity contribution is 6.35. The van der Waals surface area contributed by atoms with Crippen LogP contribution in [0.15, 0.2) is 30.5 Å². The predicted octanol–water partition coefficient (Wildman–Crippen LogP) is 3.08. The molecule has 2 aliphatic heterocycles. The number of amides is 5. The maximum atomic E-state index is 14.7. The van der Waals surface area contributed by atoms with Crippen molar-refractivity contribution in [1.82, 2.24) is 14.8 Å². The lowest BCUT2D eigenvalue weighted by molar-refractivity contribution is -0.110. The van der Waals surface area contributed by atoms with Crippen LogP contribution in [-0.2, 0) is 4.79 Å². The molecule has 0 spiro atoms. The van der Waals surface area contributed by atoms with Gasteiger partial charge in [-0.3, -0.25) is 4.79 Å². The molecule has 1 aromatic carbocycles. The van der Waals surface area contributed by atoms with Crippen molar-refractivity contribution in [3.05, 3.63) is 47.5 Å².